The molecule has 1 atom stereocenters. The molecule has 0 spiro atoms. The summed E-state index contributed by atoms with van der Waals surface area (Å²) in [6.45, 7) is 2.05. The smallest absolute Gasteiger partial charge is 0.379 e. The average molecular weight is 530 g/mol. The molecule has 38 heavy (non-hydrogen) atoms. The van der Waals surface area contributed by atoms with E-state index in [1.807, 2.05) is 0 Å². The molecule has 1 amide bonds. The van der Waals surface area contributed by atoms with E-state index >= 15 is 4.39 Å². The summed E-state index contributed by atoms with van der Waals surface area (Å²) in [6, 6.07) is 9.55. The quantitative estimate of drug-likeness (QED) is 0.438. The lowest BCUT2D eigenvalue weighted by Gasteiger charge is -2.43. The molecule has 3 aliphatic heterocycles. The first-order valence-corrected chi connectivity index (χ1v) is 12.6. The van der Waals surface area contributed by atoms with Crippen LogP contribution < -0.4 is 4.90 Å². The molecule has 0 aliphatic carbocycles. The molecule has 0 N–H and O–H groups in total. The number of rotatable bonds is 6. The lowest BCUT2D eigenvalue weighted by molar-refractivity contribution is -0.138. The molecule has 2 fully saturated rings. The molecule has 7 nitrogen and oxygen atoms in total. The van der Waals surface area contributed by atoms with Crippen LogP contribution in [0.2, 0.25) is 0 Å². The van der Waals surface area contributed by atoms with Crippen LogP contribution in [0.25, 0.3) is 0 Å². The topological polar surface area (TPSA) is 63.5 Å². The highest BCUT2D eigenvalue weighted by molar-refractivity contribution is 6.10. The zero-order valence-electron chi connectivity index (χ0n) is 20.8. The van der Waals surface area contributed by atoms with E-state index in [1.54, 1.807) is 37.4 Å². The third-order valence-corrected chi connectivity index (χ3v) is 7.92. The molecule has 0 unspecified atom stereocenters. The summed E-state index contributed by atoms with van der Waals surface area (Å²) in [6.07, 6.45) is -2.65. The van der Waals surface area contributed by atoms with Gasteiger partial charge in [0.1, 0.15) is 6.33 Å². The summed E-state index contributed by atoms with van der Waals surface area (Å²) in [7, 11) is 1.65. The van der Waals surface area contributed by atoms with Gasteiger partial charge in [-0.15, -0.1) is 10.2 Å². The van der Waals surface area contributed by atoms with E-state index in [1.165, 1.54) is 21.9 Å². The van der Waals surface area contributed by atoms with Gasteiger partial charge in [-0.25, -0.2) is 4.39 Å². The molecule has 3 aliphatic rings. The molecule has 1 aromatic heterocycles. The minimum absolute atomic E-state index is 0.0257. The van der Waals surface area contributed by atoms with Gasteiger partial charge in [0.2, 0.25) is 0 Å². The van der Waals surface area contributed by atoms with Crippen molar-refractivity contribution in [1.29, 1.82) is 0 Å². The molecule has 0 radical (unpaired) electrons. The van der Waals surface area contributed by atoms with E-state index in [0.717, 1.165) is 25.9 Å². The van der Waals surface area contributed by atoms with Crippen molar-refractivity contribution in [2.75, 3.05) is 31.2 Å². The fraction of sp³-hybridized carbons (Fsp3) is 0.444. The molecule has 11 heteroatoms. The number of aryl methyl sites for hydroxylation is 1. The first kappa shape index (κ1) is 25.0. The number of ether oxygens (including phenoxy) is 1. The summed E-state index contributed by atoms with van der Waals surface area (Å²) >= 11 is 0. The van der Waals surface area contributed by atoms with Crippen LogP contribution in [0.5, 0.6) is 0 Å². The molecule has 2 saturated heterocycles. The number of carbonyl (C=O) groups excluding carboxylic acids is 1. The Morgan fingerprint density at radius 3 is 2.53 bits per heavy atom. The molecule has 2 aromatic carbocycles. The second-order valence-corrected chi connectivity index (χ2v) is 10.4. The van der Waals surface area contributed by atoms with Gasteiger partial charge in [-0.2, -0.15) is 13.2 Å². The number of hydrogen-bond acceptors (Lipinski definition) is 5. The normalized spacial score (nSPS) is 20.0. The van der Waals surface area contributed by atoms with Crippen molar-refractivity contribution >= 4 is 11.6 Å². The lowest BCUT2D eigenvalue weighted by Crippen LogP contribution is -2.50. The van der Waals surface area contributed by atoms with E-state index in [0.29, 0.717) is 23.4 Å². The van der Waals surface area contributed by atoms with Crippen LogP contribution in [0.1, 0.15) is 57.4 Å². The van der Waals surface area contributed by atoms with Gasteiger partial charge in [-0.1, -0.05) is 12.1 Å². The SMILES string of the molecule is Cn1cnnc1[C@H](F)C1(c2cccc(N3Cc4c(cc(CN5CCCC5)cc4C(F)(F)F)C3=O)c2)COC1. The Morgan fingerprint density at radius 2 is 1.89 bits per heavy atom. The van der Waals surface area contributed by atoms with Crippen LogP contribution in [0.3, 0.4) is 0 Å². The van der Waals surface area contributed by atoms with Crippen molar-refractivity contribution in [3.8, 4) is 0 Å². The van der Waals surface area contributed by atoms with Crippen LogP contribution in [-0.4, -0.2) is 51.9 Å². The minimum Gasteiger partial charge on any atom is -0.379 e. The Hall–Kier alpha value is -3.31. The molecule has 6 rings (SSSR count). The third kappa shape index (κ3) is 4.08. The highest BCUT2D eigenvalue weighted by Crippen LogP contribution is 2.46. The first-order chi connectivity index (χ1) is 18.2. The van der Waals surface area contributed by atoms with Crippen molar-refractivity contribution in [3.05, 3.63) is 76.4 Å². The molecule has 4 heterocycles. The number of halogens is 4. The number of fused-ring (bicyclic) bond motifs is 1. The van der Waals surface area contributed by atoms with Gasteiger partial charge < -0.3 is 14.2 Å². The molecule has 200 valence electrons. The Balaban J connectivity index is 1.34. The average Bonchev–Trinajstić information content (AvgIpc) is 3.59. The monoisotopic (exact) mass is 529 g/mol. The molecule has 3 aromatic rings. The maximum Gasteiger partial charge on any atom is 0.416 e. The van der Waals surface area contributed by atoms with E-state index in [4.69, 9.17) is 4.74 Å². The van der Waals surface area contributed by atoms with Gasteiger partial charge in [-0.05, 0) is 66.9 Å². The molecular weight excluding hydrogens is 502 g/mol. The van der Waals surface area contributed by atoms with Crippen molar-refractivity contribution < 1.29 is 27.1 Å². The number of aromatic nitrogens is 3. The maximum atomic E-state index is 15.8. The fourth-order valence-corrected chi connectivity index (χ4v) is 5.75. The number of hydrogen-bond donors (Lipinski definition) is 0. The highest BCUT2D eigenvalue weighted by atomic mass is 19.4. The van der Waals surface area contributed by atoms with Crippen LogP contribution in [0.15, 0.2) is 42.7 Å². The van der Waals surface area contributed by atoms with E-state index in [-0.39, 0.29) is 36.7 Å². The van der Waals surface area contributed by atoms with E-state index in [9.17, 15) is 18.0 Å². The van der Waals surface area contributed by atoms with Crippen LogP contribution >= 0.6 is 0 Å². The standard InChI is InChI=1S/C27H27F4N5O2/c1-34-16-32-33-24(34)23(28)26(14-38-15-26)18-5-4-6-19(11-18)36-13-21-20(25(36)37)9-17(10-22(21)27(29,30)31)12-35-7-2-3-8-35/h4-6,9-11,16,23H,2-3,7-8,12-15H2,1H3/t23-/m0/s1. The predicted octanol–water partition coefficient (Wildman–Crippen LogP) is 4.57. The van der Waals surface area contributed by atoms with Gasteiger partial charge >= 0.3 is 6.18 Å². The van der Waals surface area contributed by atoms with E-state index in [2.05, 4.69) is 15.1 Å². The second kappa shape index (κ2) is 9.16. The van der Waals surface area contributed by atoms with Gasteiger partial charge in [0.25, 0.3) is 5.91 Å². The Labute approximate surface area is 217 Å². The van der Waals surface area contributed by atoms with Gasteiger partial charge in [0.05, 0.1) is 30.7 Å². The highest BCUT2D eigenvalue weighted by Gasteiger charge is 2.51. The zero-order chi connectivity index (χ0) is 26.7. The summed E-state index contributed by atoms with van der Waals surface area (Å²) < 4.78 is 65.0. The number of benzene rings is 2. The van der Waals surface area contributed by atoms with Gasteiger partial charge in [0.15, 0.2) is 12.0 Å². The van der Waals surface area contributed by atoms with Crippen molar-refractivity contribution in [2.24, 2.45) is 7.05 Å². The first-order valence-electron chi connectivity index (χ1n) is 12.6. The minimum atomic E-state index is -4.59. The molecule has 0 saturated carbocycles. The van der Waals surface area contributed by atoms with Gasteiger partial charge in [0, 0.05) is 24.8 Å². The van der Waals surface area contributed by atoms with Crippen molar-refractivity contribution in [3.63, 3.8) is 0 Å². The number of anilines is 1. The van der Waals surface area contributed by atoms with E-state index < -0.39 is 29.2 Å². The zero-order valence-corrected chi connectivity index (χ0v) is 20.8. The largest absolute Gasteiger partial charge is 0.416 e. The maximum absolute atomic E-state index is 15.8. The third-order valence-electron chi connectivity index (χ3n) is 7.92. The Kier molecular flexibility index (Phi) is 6.03. The van der Waals surface area contributed by atoms with Crippen molar-refractivity contribution in [2.45, 2.75) is 43.7 Å². The molecule has 0 bridgehead atoms. The number of carbonyl (C=O) groups is 1. The summed E-state index contributed by atoms with van der Waals surface area (Å²) in [5.74, 6) is -0.335. The predicted molar refractivity (Wildman–Crippen MR) is 130 cm³/mol. The number of alkyl halides is 4. The number of nitrogens with zero attached hydrogens (tertiary/aromatic N) is 5. The number of amides is 1. The second-order valence-electron chi connectivity index (χ2n) is 10.4. The van der Waals surface area contributed by atoms with Crippen LogP contribution in [0, 0.1) is 0 Å². The van der Waals surface area contributed by atoms with Crippen LogP contribution in [0.4, 0.5) is 23.2 Å². The van der Waals surface area contributed by atoms with Crippen LogP contribution in [-0.2, 0) is 36.5 Å². The summed E-state index contributed by atoms with van der Waals surface area (Å²) in [5.41, 5.74) is -0.277. The number of likely N-dealkylation sites (tertiary alicyclic amines) is 1. The Bertz CT molecular complexity index is 1380. The molecular formula is C27H27F4N5O2. The Morgan fingerprint density at radius 1 is 1.13 bits per heavy atom. The fourth-order valence-electron chi connectivity index (χ4n) is 5.75. The van der Waals surface area contributed by atoms with Crippen molar-refractivity contribution in [1.82, 2.24) is 19.7 Å². The summed E-state index contributed by atoms with van der Waals surface area (Å²) in [4.78, 5) is 16.9. The lowest BCUT2D eigenvalue weighted by atomic mass is 9.74. The summed E-state index contributed by atoms with van der Waals surface area (Å²) in [5, 5.41) is 7.69. The van der Waals surface area contributed by atoms with Gasteiger partial charge in [-0.3, -0.25) is 9.69 Å².